The minimum absolute atomic E-state index is 0.170. The van der Waals surface area contributed by atoms with Crippen LogP contribution in [-0.2, 0) is 6.54 Å². The number of hydrogen-bond acceptors (Lipinski definition) is 4. The Balaban J connectivity index is 1.60. The van der Waals surface area contributed by atoms with Crippen molar-refractivity contribution in [1.82, 2.24) is 15.2 Å². The summed E-state index contributed by atoms with van der Waals surface area (Å²) in [5.41, 5.74) is 2.06. The van der Waals surface area contributed by atoms with Gasteiger partial charge in [-0.1, -0.05) is 12.1 Å². The maximum Gasteiger partial charge on any atom is 0.317 e. The highest BCUT2D eigenvalue weighted by Crippen LogP contribution is 2.30. The van der Waals surface area contributed by atoms with E-state index in [1.54, 1.807) is 4.90 Å². The highest BCUT2D eigenvalue weighted by atomic mass is 16.6. The molecule has 27 heavy (non-hydrogen) atoms. The highest BCUT2D eigenvalue weighted by Gasteiger charge is 2.24. The minimum atomic E-state index is -0.241. The number of H-pyrrole nitrogens is 1. The molecule has 2 aromatic rings. The van der Waals surface area contributed by atoms with E-state index in [0.29, 0.717) is 31.0 Å². The van der Waals surface area contributed by atoms with Gasteiger partial charge in [0.2, 0.25) is 0 Å². The van der Waals surface area contributed by atoms with Gasteiger partial charge in [-0.2, -0.15) is 0 Å². The summed E-state index contributed by atoms with van der Waals surface area (Å²) in [6, 6.07) is 9.14. The van der Waals surface area contributed by atoms with E-state index < -0.39 is 0 Å². The first-order chi connectivity index (χ1) is 13.0. The number of aromatic nitrogens is 1. The number of benzene rings is 1. The Bertz CT molecular complexity index is 878. The van der Waals surface area contributed by atoms with E-state index in [-0.39, 0.29) is 24.2 Å². The molecule has 7 nitrogen and oxygen atoms in total. The maximum absolute atomic E-state index is 12.6. The van der Waals surface area contributed by atoms with Gasteiger partial charge in [-0.15, -0.1) is 0 Å². The van der Waals surface area contributed by atoms with Crippen LogP contribution in [0.3, 0.4) is 0 Å². The molecule has 7 heteroatoms. The molecule has 1 unspecified atom stereocenters. The Hall–Kier alpha value is -2.96. The summed E-state index contributed by atoms with van der Waals surface area (Å²) < 4.78 is 11.6. The Morgan fingerprint density at radius 2 is 2.04 bits per heavy atom. The molecule has 2 heterocycles. The summed E-state index contributed by atoms with van der Waals surface area (Å²) in [5.74, 6) is 1.40. The Morgan fingerprint density at radius 1 is 1.30 bits per heavy atom. The molecule has 0 saturated heterocycles. The first-order valence-corrected chi connectivity index (χ1v) is 9.08. The number of carbonyl (C=O) groups is 1. The summed E-state index contributed by atoms with van der Waals surface area (Å²) in [4.78, 5) is 29.1. The summed E-state index contributed by atoms with van der Waals surface area (Å²) >= 11 is 0. The lowest BCUT2D eigenvalue weighted by molar-refractivity contribution is 0.0675. The number of nitrogens with one attached hydrogen (secondary N) is 2. The summed E-state index contributed by atoms with van der Waals surface area (Å²) in [6.45, 7) is 7.10. The van der Waals surface area contributed by atoms with Gasteiger partial charge in [0, 0.05) is 17.8 Å². The molecule has 1 aromatic heterocycles. The predicted octanol–water partition coefficient (Wildman–Crippen LogP) is 2.36. The monoisotopic (exact) mass is 371 g/mol. The molecule has 0 spiro atoms. The van der Waals surface area contributed by atoms with Gasteiger partial charge >= 0.3 is 6.03 Å². The van der Waals surface area contributed by atoms with Crippen molar-refractivity contribution in [2.24, 2.45) is 0 Å². The number of hydrogen-bond donors (Lipinski definition) is 2. The number of fused-ring (bicyclic) bond motifs is 1. The molecule has 3 rings (SSSR count). The van der Waals surface area contributed by atoms with Crippen LogP contribution in [0.4, 0.5) is 4.79 Å². The van der Waals surface area contributed by atoms with E-state index in [9.17, 15) is 9.59 Å². The van der Waals surface area contributed by atoms with Crippen molar-refractivity contribution >= 4 is 6.03 Å². The number of pyridine rings is 1. The van der Waals surface area contributed by atoms with Crippen molar-refractivity contribution in [3.63, 3.8) is 0 Å². The van der Waals surface area contributed by atoms with Crippen LogP contribution < -0.4 is 20.3 Å². The normalized spacial score (nSPS) is 15.3. The largest absolute Gasteiger partial charge is 0.486 e. The number of para-hydroxylation sites is 2. The van der Waals surface area contributed by atoms with Gasteiger partial charge in [-0.3, -0.25) is 4.79 Å². The molecule has 0 fully saturated rings. The zero-order chi connectivity index (χ0) is 19.4. The zero-order valence-electron chi connectivity index (χ0n) is 15.9. The Labute approximate surface area is 158 Å². The van der Waals surface area contributed by atoms with Crippen LogP contribution in [0, 0.1) is 13.8 Å². The van der Waals surface area contributed by atoms with E-state index >= 15 is 0 Å². The predicted molar refractivity (Wildman–Crippen MR) is 102 cm³/mol. The average molecular weight is 371 g/mol. The zero-order valence-corrected chi connectivity index (χ0v) is 15.9. The average Bonchev–Trinajstić information content (AvgIpc) is 2.64. The summed E-state index contributed by atoms with van der Waals surface area (Å²) in [7, 11) is 0. The third-order valence-electron chi connectivity index (χ3n) is 4.57. The van der Waals surface area contributed by atoms with Crippen LogP contribution in [0.1, 0.15) is 23.7 Å². The second kappa shape index (κ2) is 8.16. The molecule has 0 aliphatic carbocycles. The van der Waals surface area contributed by atoms with Crippen molar-refractivity contribution < 1.29 is 14.3 Å². The molecular weight excluding hydrogens is 346 g/mol. The number of nitrogens with zero attached hydrogens (tertiary/aromatic N) is 1. The molecular formula is C20H25N3O4. The number of ether oxygens (including phenoxy) is 2. The standard InChI is InChI=1S/C20H25N3O4/c1-4-23(11-15-12-26-17-7-5-6-8-18(17)27-15)20(25)21-10-16-13(2)9-14(3)22-19(16)24/h5-9,15H,4,10-12H2,1-3H3,(H,21,25)(H,22,24). The molecule has 0 saturated carbocycles. The molecule has 1 aromatic carbocycles. The smallest absolute Gasteiger partial charge is 0.317 e. The summed E-state index contributed by atoms with van der Waals surface area (Å²) in [6.07, 6.45) is -0.241. The Morgan fingerprint density at radius 3 is 2.74 bits per heavy atom. The number of aromatic amines is 1. The molecule has 2 N–H and O–H groups in total. The minimum Gasteiger partial charge on any atom is -0.486 e. The van der Waals surface area contributed by atoms with Gasteiger partial charge in [0.1, 0.15) is 6.61 Å². The quantitative estimate of drug-likeness (QED) is 0.845. The van der Waals surface area contributed by atoms with Crippen LogP contribution in [0.5, 0.6) is 11.5 Å². The number of aryl methyl sites for hydroxylation is 2. The van der Waals surface area contributed by atoms with E-state index in [0.717, 1.165) is 17.0 Å². The van der Waals surface area contributed by atoms with Crippen LogP contribution in [0.25, 0.3) is 0 Å². The fraction of sp³-hybridized carbons (Fsp3) is 0.400. The van der Waals surface area contributed by atoms with E-state index in [1.807, 2.05) is 51.1 Å². The van der Waals surface area contributed by atoms with Gasteiger partial charge in [-0.05, 0) is 44.5 Å². The Kier molecular flexibility index (Phi) is 5.69. The fourth-order valence-corrected chi connectivity index (χ4v) is 3.13. The molecule has 0 radical (unpaired) electrons. The lowest BCUT2D eigenvalue weighted by Gasteiger charge is -2.31. The van der Waals surface area contributed by atoms with Gasteiger partial charge in [0.05, 0.1) is 13.1 Å². The first kappa shape index (κ1) is 18.8. The molecule has 2 amide bonds. The molecule has 144 valence electrons. The number of rotatable bonds is 5. The van der Waals surface area contributed by atoms with Gasteiger partial charge in [0.25, 0.3) is 5.56 Å². The van der Waals surface area contributed by atoms with Crippen molar-refractivity contribution in [3.05, 3.63) is 57.5 Å². The first-order valence-electron chi connectivity index (χ1n) is 9.08. The SMILES string of the molecule is CCN(CC1COc2ccccc2O1)C(=O)NCc1c(C)cc(C)[nH]c1=O. The van der Waals surface area contributed by atoms with Crippen molar-refractivity contribution in [1.29, 1.82) is 0 Å². The van der Waals surface area contributed by atoms with Crippen molar-refractivity contribution in [2.75, 3.05) is 19.7 Å². The molecule has 1 aliphatic rings. The lowest BCUT2D eigenvalue weighted by Crippen LogP contribution is -2.47. The maximum atomic E-state index is 12.6. The van der Waals surface area contributed by atoms with Crippen LogP contribution in [0.2, 0.25) is 0 Å². The van der Waals surface area contributed by atoms with Crippen molar-refractivity contribution in [2.45, 2.75) is 33.4 Å². The van der Waals surface area contributed by atoms with Crippen LogP contribution in [0.15, 0.2) is 35.1 Å². The number of amides is 2. The highest BCUT2D eigenvalue weighted by molar-refractivity contribution is 5.74. The third kappa shape index (κ3) is 4.42. The lowest BCUT2D eigenvalue weighted by atomic mass is 10.1. The van der Waals surface area contributed by atoms with Gasteiger partial charge in [0.15, 0.2) is 17.6 Å². The number of urea groups is 1. The van der Waals surface area contributed by atoms with E-state index in [1.165, 1.54) is 0 Å². The fourth-order valence-electron chi connectivity index (χ4n) is 3.13. The number of likely N-dealkylation sites (N-methyl/N-ethyl adjacent to an activating group) is 1. The van der Waals surface area contributed by atoms with Crippen LogP contribution >= 0.6 is 0 Å². The second-order valence-corrected chi connectivity index (χ2v) is 6.64. The second-order valence-electron chi connectivity index (χ2n) is 6.64. The molecule has 0 bridgehead atoms. The topological polar surface area (TPSA) is 83.7 Å². The van der Waals surface area contributed by atoms with Gasteiger partial charge < -0.3 is 24.7 Å². The molecule has 1 aliphatic heterocycles. The van der Waals surface area contributed by atoms with E-state index in [4.69, 9.17) is 9.47 Å². The molecule has 1 atom stereocenters. The number of carbonyl (C=O) groups excluding carboxylic acids is 1. The summed E-state index contributed by atoms with van der Waals surface area (Å²) in [5, 5.41) is 2.83. The van der Waals surface area contributed by atoms with Gasteiger partial charge in [-0.25, -0.2) is 4.79 Å². The third-order valence-corrected chi connectivity index (χ3v) is 4.57. The van der Waals surface area contributed by atoms with E-state index in [2.05, 4.69) is 10.3 Å². The van der Waals surface area contributed by atoms with Crippen molar-refractivity contribution in [3.8, 4) is 11.5 Å². The van der Waals surface area contributed by atoms with Crippen LogP contribution in [-0.4, -0.2) is 41.7 Å².